The summed E-state index contributed by atoms with van der Waals surface area (Å²) in [4.78, 5) is 28.5. The molecule has 1 amide bonds. The SMILES string of the molecule is COC(=O)c1ccc(C(=O)Nc2cccc(-c3cnc4n3CCC4)c2)cc1. The van der Waals surface area contributed by atoms with E-state index in [1.807, 2.05) is 30.5 Å². The molecule has 4 rings (SSSR count). The molecule has 0 saturated heterocycles. The third-order valence-corrected chi connectivity index (χ3v) is 4.70. The van der Waals surface area contributed by atoms with Gasteiger partial charge in [-0.05, 0) is 42.8 Å². The van der Waals surface area contributed by atoms with Crippen LogP contribution in [0.4, 0.5) is 5.69 Å². The maximum Gasteiger partial charge on any atom is 0.337 e. The zero-order valence-corrected chi connectivity index (χ0v) is 14.9. The molecule has 1 aliphatic rings. The smallest absolute Gasteiger partial charge is 0.337 e. The third-order valence-electron chi connectivity index (χ3n) is 4.70. The highest BCUT2D eigenvalue weighted by Gasteiger charge is 2.17. The van der Waals surface area contributed by atoms with E-state index >= 15 is 0 Å². The van der Waals surface area contributed by atoms with Crippen LogP contribution >= 0.6 is 0 Å². The first-order chi connectivity index (χ1) is 13.2. The number of aryl methyl sites for hydroxylation is 1. The summed E-state index contributed by atoms with van der Waals surface area (Å²) >= 11 is 0. The van der Waals surface area contributed by atoms with Crippen LogP contribution < -0.4 is 5.32 Å². The minimum absolute atomic E-state index is 0.234. The minimum atomic E-state index is -0.428. The number of ether oxygens (including phenoxy) is 1. The molecule has 1 aromatic heterocycles. The summed E-state index contributed by atoms with van der Waals surface area (Å²) in [6, 6.07) is 14.1. The van der Waals surface area contributed by atoms with Gasteiger partial charge in [0.05, 0.1) is 24.6 Å². The maximum absolute atomic E-state index is 12.5. The standard InChI is InChI=1S/C21H19N3O3/c1-27-21(26)15-9-7-14(8-10-15)20(25)23-17-5-2-4-16(12-17)18-13-22-19-6-3-11-24(18)19/h2,4-5,7-10,12-13H,3,6,11H2,1H3,(H,23,25). The first kappa shape index (κ1) is 17.0. The fourth-order valence-corrected chi connectivity index (χ4v) is 3.32. The molecular weight excluding hydrogens is 342 g/mol. The fraction of sp³-hybridized carbons (Fsp3) is 0.190. The van der Waals surface area contributed by atoms with Crippen molar-refractivity contribution in [1.29, 1.82) is 0 Å². The fourth-order valence-electron chi connectivity index (χ4n) is 3.32. The molecule has 0 spiro atoms. The van der Waals surface area contributed by atoms with Gasteiger partial charge in [0.25, 0.3) is 5.91 Å². The number of hydrogen-bond acceptors (Lipinski definition) is 4. The van der Waals surface area contributed by atoms with Crippen LogP contribution in [-0.2, 0) is 17.7 Å². The van der Waals surface area contributed by atoms with Crippen LogP contribution in [0, 0.1) is 0 Å². The lowest BCUT2D eigenvalue weighted by atomic mass is 10.1. The van der Waals surface area contributed by atoms with E-state index in [-0.39, 0.29) is 5.91 Å². The first-order valence-corrected chi connectivity index (χ1v) is 8.80. The quantitative estimate of drug-likeness (QED) is 0.722. The summed E-state index contributed by atoms with van der Waals surface area (Å²) in [5, 5.41) is 2.91. The Kier molecular flexibility index (Phi) is 4.46. The molecule has 1 N–H and O–H groups in total. The number of nitrogens with one attached hydrogen (secondary N) is 1. The van der Waals surface area contributed by atoms with Gasteiger partial charge in [-0.2, -0.15) is 0 Å². The van der Waals surface area contributed by atoms with Gasteiger partial charge in [0, 0.05) is 29.8 Å². The van der Waals surface area contributed by atoms with Crippen molar-refractivity contribution < 1.29 is 14.3 Å². The molecule has 3 aromatic rings. The normalized spacial score (nSPS) is 12.5. The Morgan fingerprint density at radius 2 is 1.89 bits per heavy atom. The molecular formula is C21H19N3O3. The van der Waals surface area contributed by atoms with Gasteiger partial charge in [0.2, 0.25) is 0 Å². The number of imidazole rings is 1. The third kappa shape index (κ3) is 3.33. The Labute approximate surface area is 156 Å². The van der Waals surface area contributed by atoms with Gasteiger partial charge in [-0.3, -0.25) is 4.79 Å². The van der Waals surface area contributed by atoms with Gasteiger partial charge >= 0.3 is 5.97 Å². The molecule has 6 nitrogen and oxygen atoms in total. The zero-order valence-electron chi connectivity index (χ0n) is 14.9. The second-order valence-electron chi connectivity index (χ2n) is 6.42. The topological polar surface area (TPSA) is 73.2 Å². The first-order valence-electron chi connectivity index (χ1n) is 8.80. The number of amides is 1. The summed E-state index contributed by atoms with van der Waals surface area (Å²) < 4.78 is 6.89. The molecule has 2 heterocycles. The molecule has 1 aliphatic heterocycles. The van der Waals surface area contributed by atoms with Gasteiger partial charge in [-0.25, -0.2) is 9.78 Å². The summed E-state index contributed by atoms with van der Waals surface area (Å²) in [6.07, 6.45) is 4.02. The van der Waals surface area contributed by atoms with Crippen molar-refractivity contribution in [2.75, 3.05) is 12.4 Å². The molecule has 2 aromatic carbocycles. The molecule has 0 fully saturated rings. The van der Waals surface area contributed by atoms with Crippen molar-refractivity contribution in [3.63, 3.8) is 0 Å². The number of hydrogen-bond donors (Lipinski definition) is 1. The number of rotatable bonds is 4. The maximum atomic E-state index is 12.5. The van der Waals surface area contributed by atoms with Gasteiger partial charge < -0.3 is 14.6 Å². The summed E-state index contributed by atoms with van der Waals surface area (Å²) in [5.74, 6) is 0.454. The molecule has 0 radical (unpaired) electrons. The average Bonchev–Trinajstić information content (AvgIpc) is 3.31. The number of benzene rings is 2. The van der Waals surface area contributed by atoms with Crippen molar-refractivity contribution >= 4 is 17.6 Å². The van der Waals surface area contributed by atoms with Crippen molar-refractivity contribution in [1.82, 2.24) is 9.55 Å². The Bertz CT molecular complexity index is 1010. The predicted octanol–water partition coefficient (Wildman–Crippen LogP) is 3.54. The number of fused-ring (bicyclic) bond motifs is 1. The molecule has 0 aliphatic carbocycles. The van der Waals surface area contributed by atoms with Gasteiger partial charge in [0.1, 0.15) is 5.82 Å². The molecule has 27 heavy (non-hydrogen) atoms. The Hall–Kier alpha value is -3.41. The Morgan fingerprint density at radius 1 is 1.11 bits per heavy atom. The number of carbonyl (C=O) groups excluding carboxylic acids is 2. The van der Waals surface area contributed by atoms with E-state index in [0.29, 0.717) is 16.8 Å². The summed E-state index contributed by atoms with van der Waals surface area (Å²) in [7, 11) is 1.33. The Balaban J connectivity index is 1.53. The molecule has 6 heteroatoms. The van der Waals surface area contributed by atoms with Crippen molar-refractivity contribution in [3.8, 4) is 11.3 Å². The minimum Gasteiger partial charge on any atom is -0.465 e. The number of nitrogens with zero attached hydrogens (tertiary/aromatic N) is 2. The lowest BCUT2D eigenvalue weighted by Gasteiger charge is -2.09. The number of anilines is 1. The van der Waals surface area contributed by atoms with Gasteiger partial charge in [0.15, 0.2) is 0 Å². The number of aromatic nitrogens is 2. The predicted molar refractivity (Wildman–Crippen MR) is 102 cm³/mol. The number of carbonyl (C=O) groups is 2. The van der Waals surface area contributed by atoms with Crippen LogP contribution in [0.5, 0.6) is 0 Å². The molecule has 0 bridgehead atoms. The van der Waals surface area contributed by atoms with Crippen LogP contribution in [0.1, 0.15) is 33.0 Å². The molecule has 0 atom stereocenters. The lowest BCUT2D eigenvalue weighted by Crippen LogP contribution is -2.12. The highest BCUT2D eigenvalue weighted by atomic mass is 16.5. The van der Waals surface area contributed by atoms with E-state index in [2.05, 4.69) is 19.6 Å². The number of esters is 1. The van der Waals surface area contributed by atoms with E-state index in [4.69, 9.17) is 0 Å². The van der Waals surface area contributed by atoms with Crippen molar-refractivity contribution in [2.24, 2.45) is 0 Å². The monoisotopic (exact) mass is 361 g/mol. The van der Waals surface area contributed by atoms with E-state index in [0.717, 1.165) is 36.5 Å². The average molecular weight is 361 g/mol. The highest BCUT2D eigenvalue weighted by Crippen LogP contribution is 2.27. The van der Waals surface area contributed by atoms with Gasteiger partial charge in [-0.15, -0.1) is 0 Å². The molecule has 0 unspecified atom stereocenters. The highest BCUT2D eigenvalue weighted by molar-refractivity contribution is 6.05. The van der Waals surface area contributed by atoms with Crippen LogP contribution in [-0.4, -0.2) is 28.5 Å². The summed E-state index contributed by atoms with van der Waals surface area (Å²) in [6.45, 7) is 0.980. The Morgan fingerprint density at radius 3 is 2.67 bits per heavy atom. The summed E-state index contributed by atoms with van der Waals surface area (Å²) in [5.41, 5.74) is 3.68. The van der Waals surface area contributed by atoms with E-state index in [1.54, 1.807) is 24.3 Å². The van der Waals surface area contributed by atoms with Crippen molar-refractivity contribution in [3.05, 3.63) is 71.7 Å². The largest absolute Gasteiger partial charge is 0.465 e. The molecule has 136 valence electrons. The van der Waals surface area contributed by atoms with Crippen LogP contribution in [0.15, 0.2) is 54.7 Å². The van der Waals surface area contributed by atoms with E-state index in [9.17, 15) is 9.59 Å². The van der Waals surface area contributed by atoms with E-state index in [1.165, 1.54) is 7.11 Å². The van der Waals surface area contributed by atoms with Gasteiger partial charge in [-0.1, -0.05) is 12.1 Å². The van der Waals surface area contributed by atoms with Crippen molar-refractivity contribution in [2.45, 2.75) is 19.4 Å². The van der Waals surface area contributed by atoms with E-state index < -0.39 is 5.97 Å². The lowest BCUT2D eigenvalue weighted by molar-refractivity contribution is 0.0600. The van der Waals surface area contributed by atoms with Crippen LogP contribution in [0.25, 0.3) is 11.3 Å². The second-order valence-corrected chi connectivity index (χ2v) is 6.42. The molecule has 0 saturated carbocycles. The second kappa shape index (κ2) is 7.07. The van der Waals surface area contributed by atoms with Crippen LogP contribution in [0.2, 0.25) is 0 Å². The zero-order chi connectivity index (χ0) is 18.8. The van der Waals surface area contributed by atoms with Crippen LogP contribution in [0.3, 0.4) is 0 Å². The number of methoxy groups -OCH3 is 1.